The van der Waals surface area contributed by atoms with Crippen molar-refractivity contribution < 1.29 is 28.6 Å². The number of carboxylic acid groups (broad SMARTS) is 1. The molecule has 0 saturated heterocycles. The highest BCUT2D eigenvalue weighted by Crippen LogP contribution is 2.29. The molecule has 0 aromatic heterocycles. The molecule has 176 valence electrons. The summed E-state index contributed by atoms with van der Waals surface area (Å²) >= 11 is 0. The Morgan fingerprint density at radius 2 is 1.94 bits per heavy atom. The number of hydrogen-bond acceptors (Lipinski definition) is 4. The monoisotopic (exact) mass is 455 g/mol. The fourth-order valence-electron chi connectivity index (χ4n) is 4.52. The Bertz CT molecular complexity index is 1010. The minimum absolute atomic E-state index is 0.000738. The van der Waals surface area contributed by atoms with Gasteiger partial charge in [-0.15, -0.1) is 0 Å². The van der Waals surface area contributed by atoms with Gasteiger partial charge in [0.05, 0.1) is 26.2 Å². The van der Waals surface area contributed by atoms with E-state index < -0.39 is 17.9 Å². The van der Waals surface area contributed by atoms with Crippen LogP contribution in [0.15, 0.2) is 36.4 Å². The van der Waals surface area contributed by atoms with Crippen molar-refractivity contribution in [2.24, 2.45) is 5.92 Å². The van der Waals surface area contributed by atoms with Crippen molar-refractivity contribution in [2.45, 2.75) is 38.2 Å². The number of benzene rings is 2. The average molecular weight is 456 g/mol. The number of aliphatic hydroxyl groups is 1. The van der Waals surface area contributed by atoms with Crippen LogP contribution >= 0.6 is 0 Å². The number of aliphatic carboxylic acids is 1. The van der Waals surface area contributed by atoms with Crippen LogP contribution in [0, 0.1) is 23.1 Å². The van der Waals surface area contributed by atoms with Crippen molar-refractivity contribution in [1.29, 1.82) is 5.26 Å². The lowest BCUT2D eigenvalue weighted by Gasteiger charge is -2.32. The number of nitrogens with zero attached hydrogens (tertiary/aromatic N) is 2. The summed E-state index contributed by atoms with van der Waals surface area (Å²) in [6, 6.07) is 12.9. The van der Waals surface area contributed by atoms with E-state index in [1.165, 1.54) is 17.2 Å². The van der Waals surface area contributed by atoms with Crippen molar-refractivity contribution in [2.75, 3.05) is 33.8 Å². The van der Waals surface area contributed by atoms with Crippen LogP contribution in [0.5, 0.6) is 5.75 Å². The Balaban J connectivity index is 1.51. The molecule has 0 amide bonds. The molecule has 2 aromatic rings. The number of carboxylic acids is 1. The summed E-state index contributed by atoms with van der Waals surface area (Å²) in [6.45, 7) is 1.37. The van der Waals surface area contributed by atoms with E-state index in [4.69, 9.17) is 9.84 Å². The summed E-state index contributed by atoms with van der Waals surface area (Å²) in [5.41, 5.74) is 3.08. The van der Waals surface area contributed by atoms with Gasteiger partial charge in [0, 0.05) is 12.8 Å². The van der Waals surface area contributed by atoms with Gasteiger partial charge in [0.1, 0.15) is 36.9 Å². The van der Waals surface area contributed by atoms with Crippen molar-refractivity contribution in [3.8, 4) is 11.8 Å². The summed E-state index contributed by atoms with van der Waals surface area (Å²) in [4.78, 5) is 10.8. The number of quaternary nitrogens is 1. The second kappa shape index (κ2) is 10.8. The maximum Gasteiger partial charge on any atom is 0.303 e. The molecule has 0 bridgehead atoms. The highest BCUT2D eigenvalue weighted by Gasteiger charge is 2.26. The Labute approximate surface area is 194 Å². The zero-order valence-electron chi connectivity index (χ0n) is 19.3. The number of aryl methyl sites for hydroxylation is 1. The molecule has 0 spiro atoms. The van der Waals surface area contributed by atoms with Gasteiger partial charge in [0.25, 0.3) is 0 Å². The minimum atomic E-state index is -1.03. The van der Waals surface area contributed by atoms with Gasteiger partial charge in [-0.2, -0.15) is 5.26 Å². The van der Waals surface area contributed by atoms with Crippen molar-refractivity contribution in [3.05, 3.63) is 64.5 Å². The first-order valence-corrected chi connectivity index (χ1v) is 11.3. The summed E-state index contributed by atoms with van der Waals surface area (Å²) in [7, 11) is 4.15. The van der Waals surface area contributed by atoms with Crippen LogP contribution in [0.3, 0.4) is 0 Å². The zero-order chi connectivity index (χ0) is 24.0. The molecular formula is C26H32FN2O4+. The van der Waals surface area contributed by atoms with E-state index in [-0.39, 0.29) is 36.3 Å². The van der Waals surface area contributed by atoms with Gasteiger partial charge in [0.2, 0.25) is 0 Å². The van der Waals surface area contributed by atoms with Gasteiger partial charge in [0.15, 0.2) is 0 Å². The first-order valence-electron chi connectivity index (χ1n) is 11.3. The molecule has 2 aromatic carbocycles. The van der Waals surface area contributed by atoms with Crippen LogP contribution in [-0.2, 0) is 24.1 Å². The van der Waals surface area contributed by atoms with E-state index in [1.807, 2.05) is 6.07 Å². The molecule has 0 unspecified atom stereocenters. The molecule has 33 heavy (non-hydrogen) atoms. The second-order valence-electron chi connectivity index (χ2n) is 9.58. The highest BCUT2D eigenvalue weighted by atomic mass is 19.1. The molecule has 6 nitrogen and oxygen atoms in total. The molecule has 0 fully saturated rings. The normalized spacial score (nSPS) is 14.5. The number of fused-ring (bicyclic) bond motifs is 1. The average Bonchev–Trinajstić information content (AvgIpc) is 3.18. The maximum atomic E-state index is 14.1. The second-order valence-corrected chi connectivity index (χ2v) is 9.58. The van der Waals surface area contributed by atoms with Gasteiger partial charge in [-0.3, -0.25) is 4.79 Å². The molecule has 7 heteroatoms. The first-order chi connectivity index (χ1) is 15.7. The van der Waals surface area contributed by atoms with Crippen LogP contribution in [0.1, 0.15) is 35.1 Å². The third kappa shape index (κ3) is 7.01. The lowest BCUT2D eigenvalue weighted by atomic mass is 10.0. The van der Waals surface area contributed by atoms with Crippen LogP contribution in [0.25, 0.3) is 0 Å². The molecule has 0 saturated carbocycles. The Hall–Kier alpha value is -2.95. The van der Waals surface area contributed by atoms with E-state index in [0.717, 1.165) is 31.9 Å². The smallest absolute Gasteiger partial charge is 0.303 e. The van der Waals surface area contributed by atoms with E-state index in [9.17, 15) is 19.6 Å². The molecule has 0 radical (unpaired) electrons. The Kier molecular flexibility index (Phi) is 8.06. The van der Waals surface area contributed by atoms with Crippen LogP contribution in [0.4, 0.5) is 4.39 Å². The van der Waals surface area contributed by atoms with Crippen LogP contribution in [-0.4, -0.2) is 60.6 Å². The third-order valence-electron chi connectivity index (χ3n) is 6.29. The van der Waals surface area contributed by atoms with E-state index in [2.05, 4.69) is 38.4 Å². The SMILES string of the molecule is C[N+](C)(CCC1Cc2ccccc2C1)C[C@@H](O)COc1cc(CCC(=O)O)c(F)cc1C#N. The number of hydrogen-bond donors (Lipinski definition) is 2. The van der Waals surface area contributed by atoms with Gasteiger partial charge in [-0.25, -0.2) is 4.39 Å². The Morgan fingerprint density at radius 1 is 1.27 bits per heavy atom. The number of rotatable bonds is 11. The lowest BCUT2D eigenvalue weighted by molar-refractivity contribution is -0.894. The molecular weight excluding hydrogens is 423 g/mol. The molecule has 1 aliphatic carbocycles. The summed E-state index contributed by atoms with van der Waals surface area (Å²) in [6.07, 6.45) is 2.29. The van der Waals surface area contributed by atoms with Crippen molar-refractivity contribution >= 4 is 5.97 Å². The van der Waals surface area contributed by atoms with Gasteiger partial charge < -0.3 is 19.4 Å². The van der Waals surface area contributed by atoms with Gasteiger partial charge in [-0.05, 0) is 54.0 Å². The molecule has 1 atom stereocenters. The largest absolute Gasteiger partial charge is 0.489 e. The molecule has 2 N–H and O–H groups in total. The number of halogens is 1. The number of nitriles is 1. The molecule has 3 rings (SSSR count). The van der Waals surface area contributed by atoms with Crippen molar-refractivity contribution in [3.63, 3.8) is 0 Å². The number of carbonyl (C=O) groups is 1. The predicted molar refractivity (Wildman–Crippen MR) is 122 cm³/mol. The molecule has 0 heterocycles. The van der Waals surface area contributed by atoms with E-state index >= 15 is 0 Å². The van der Waals surface area contributed by atoms with E-state index in [1.54, 1.807) is 0 Å². The lowest BCUT2D eigenvalue weighted by Crippen LogP contribution is -2.48. The molecule has 0 aliphatic heterocycles. The fourth-order valence-corrected chi connectivity index (χ4v) is 4.52. The number of aliphatic hydroxyl groups excluding tert-OH is 1. The minimum Gasteiger partial charge on any atom is -0.489 e. The van der Waals surface area contributed by atoms with Crippen LogP contribution in [0.2, 0.25) is 0 Å². The fraction of sp³-hybridized carbons (Fsp3) is 0.462. The topological polar surface area (TPSA) is 90.6 Å². The maximum absolute atomic E-state index is 14.1. The summed E-state index contributed by atoms with van der Waals surface area (Å²) in [5, 5.41) is 28.7. The van der Waals surface area contributed by atoms with E-state index in [0.29, 0.717) is 16.9 Å². The van der Waals surface area contributed by atoms with Crippen LogP contribution < -0.4 is 4.74 Å². The quantitative estimate of drug-likeness (QED) is 0.507. The molecule has 1 aliphatic rings. The highest BCUT2D eigenvalue weighted by molar-refractivity contribution is 5.67. The van der Waals surface area contributed by atoms with Gasteiger partial charge in [-0.1, -0.05) is 24.3 Å². The zero-order valence-corrected chi connectivity index (χ0v) is 19.3. The Morgan fingerprint density at radius 3 is 2.55 bits per heavy atom. The van der Waals surface area contributed by atoms with Crippen molar-refractivity contribution in [1.82, 2.24) is 0 Å². The standard InChI is InChI=1S/C26H31FN2O4/c1-29(2,10-9-18-11-19-5-3-4-6-20(19)12-18)16-23(30)17-33-25-14-21(7-8-26(31)32)24(27)13-22(25)15-28/h3-6,13-14,18,23,30H,7-12,16-17H2,1-2H3/p+1/t23-/m1/s1. The van der Waals surface area contributed by atoms with Gasteiger partial charge >= 0.3 is 5.97 Å². The summed E-state index contributed by atoms with van der Waals surface area (Å²) in [5.74, 6) is -0.882. The first kappa shape index (κ1) is 24.7. The summed E-state index contributed by atoms with van der Waals surface area (Å²) < 4.78 is 20.4. The number of likely N-dealkylation sites (N-methyl/N-ethyl adjacent to an activating group) is 1. The predicted octanol–water partition coefficient (Wildman–Crippen LogP) is 3.34. The third-order valence-corrected chi connectivity index (χ3v) is 6.29. The number of ether oxygens (including phenoxy) is 1.